The topological polar surface area (TPSA) is 52.6 Å². The minimum absolute atomic E-state index is 0.0278. The van der Waals surface area contributed by atoms with Gasteiger partial charge in [-0.3, -0.25) is 0 Å². The van der Waals surface area contributed by atoms with Crippen LogP contribution < -0.4 is 5.32 Å². The molecule has 1 aromatic heterocycles. The van der Waals surface area contributed by atoms with E-state index in [-0.39, 0.29) is 12.6 Å². The predicted octanol–water partition coefficient (Wildman–Crippen LogP) is 3.65. The van der Waals surface area contributed by atoms with Gasteiger partial charge in [0.25, 0.3) is 0 Å². The van der Waals surface area contributed by atoms with E-state index in [2.05, 4.69) is 5.32 Å². The molecule has 0 aliphatic rings. The van der Waals surface area contributed by atoms with Gasteiger partial charge in [0.2, 0.25) is 0 Å². The third kappa shape index (κ3) is 4.06. The molecule has 2 rings (SSSR count). The van der Waals surface area contributed by atoms with Crippen molar-refractivity contribution in [3.63, 3.8) is 0 Å². The Morgan fingerprint density at radius 2 is 2.05 bits per heavy atom. The first-order chi connectivity index (χ1) is 10.3. The molecule has 1 aromatic carbocycles. The maximum atomic E-state index is 12.3. The molecule has 2 amide bonds. The second kappa shape index (κ2) is 7.81. The molecule has 21 heavy (non-hydrogen) atoms. The van der Waals surface area contributed by atoms with E-state index in [1.54, 1.807) is 16.2 Å². The van der Waals surface area contributed by atoms with E-state index < -0.39 is 0 Å². The van der Waals surface area contributed by atoms with Gasteiger partial charge in [0.1, 0.15) is 0 Å². The summed E-state index contributed by atoms with van der Waals surface area (Å²) in [6.07, 6.45) is 0.861. The number of urea groups is 1. The van der Waals surface area contributed by atoms with Crippen LogP contribution in [-0.4, -0.2) is 35.7 Å². The molecule has 0 unspecified atom stereocenters. The zero-order valence-corrected chi connectivity index (χ0v) is 12.9. The number of rotatable bonds is 6. The van der Waals surface area contributed by atoms with E-state index in [1.165, 1.54) is 0 Å². The average Bonchev–Trinajstić information content (AvgIpc) is 3.01. The van der Waals surface area contributed by atoms with Crippen molar-refractivity contribution in [3.05, 3.63) is 41.8 Å². The van der Waals surface area contributed by atoms with E-state index in [0.717, 1.165) is 22.5 Å². The Kier molecular flexibility index (Phi) is 5.78. The molecule has 0 spiro atoms. The monoisotopic (exact) mass is 304 g/mol. The van der Waals surface area contributed by atoms with Crippen molar-refractivity contribution in [1.82, 2.24) is 4.90 Å². The van der Waals surface area contributed by atoms with Gasteiger partial charge < -0.3 is 15.3 Å². The van der Waals surface area contributed by atoms with E-state index in [9.17, 15) is 4.79 Å². The van der Waals surface area contributed by atoms with Crippen molar-refractivity contribution in [1.29, 1.82) is 0 Å². The van der Waals surface area contributed by atoms with Crippen molar-refractivity contribution in [3.8, 4) is 10.4 Å². The van der Waals surface area contributed by atoms with Gasteiger partial charge >= 0.3 is 6.03 Å². The van der Waals surface area contributed by atoms with Crippen LogP contribution in [0, 0.1) is 0 Å². The molecule has 0 fully saturated rings. The number of nitrogens with zero attached hydrogens (tertiary/aromatic N) is 1. The Balaban J connectivity index is 2.17. The molecule has 0 aliphatic heterocycles. The van der Waals surface area contributed by atoms with Crippen molar-refractivity contribution in [2.24, 2.45) is 0 Å². The summed E-state index contributed by atoms with van der Waals surface area (Å²) in [5, 5.41) is 14.0. The number of nitrogens with one attached hydrogen (secondary N) is 1. The number of para-hydroxylation sites is 1. The lowest BCUT2D eigenvalue weighted by Crippen LogP contribution is -2.37. The number of hydrogen-bond donors (Lipinski definition) is 2. The SMILES string of the molecule is CCCN(CCO)C(=O)Nc1ccccc1-c1cccs1. The molecule has 0 saturated carbocycles. The maximum Gasteiger partial charge on any atom is 0.321 e. The van der Waals surface area contributed by atoms with Crippen molar-refractivity contribution in [2.75, 3.05) is 25.0 Å². The largest absolute Gasteiger partial charge is 0.395 e. The van der Waals surface area contributed by atoms with E-state index in [4.69, 9.17) is 5.11 Å². The number of carbonyl (C=O) groups is 1. The van der Waals surface area contributed by atoms with Crippen LogP contribution in [0.1, 0.15) is 13.3 Å². The number of anilines is 1. The molecule has 2 N–H and O–H groups in total. The van der Waals surface area contributed by atoms with Crippen LogP contribution in [0.25, 0.3) is 10.4 Å². The van der Waals surface area contributed by atoms with Gasteiger partial charge in [-0.2, -0.15) is 0 Å². The zero-order chi connectivity index (χ0) is 15.1. The molecule has 112 valence electrons. The highest BCUT2D eigenvalue weighted by Gasteiger charge is 2.14. The number of hydrogen-bond acceptors (Lipinski definition) is 3. The van der Waals surface area contributed by atoms with Crippen LogP contribution in [0.5, 0.6) is 0 Å². The highest BCUT2D eigenvalue weighted by atomic mass is 32.1. The van der Waals surface area contributed by atoms with Crippen LogP contribution in [0.2, 0.25) is 0 Å². The lowest BCUT2D eigenvalue weighted by atomic mass is 10.1. The van der Waals surface area contributed by atoms with Gasteiger partial charge in [0.15, 0.2) is 0 Å². The highest BCUT2D eigenvalue weighted by molar-refractivity contribution is 7.13. The fourth-order valence-corrected chi connectivity index (χ4v) is 2.90. The fraction of sp³-hybridized carbons (Fsp3) is 0.312. The number of aliphatic hydroxyl groups excluding tert-OH is 1. The van der Waals surface area contributed by atoms with E-state index >= 15 is 0 Å². The predicted molar refractivity (Wildman–Crippen MR) is 87.7 cm³/mol. The molecule has 2 aromatic rings. The molecule has 0 saturated heterocycles. The summed E-state index contributed by atoms with van der Waals surface area (Å²) >= 11 is 1.64. The summed E-state index contributed by atoms with van der Waals surface area (Å²) in [6.45, 7) is 2.96. The second-order valence-electron chi connectivity index (χ2n) is 4.66. The molecule has 0 radical (unpaired) electrons. The first kappa shape index (κ1) is 15.5. The smallest absolute Gasteiger partial charge is 0.321 e. The number of carbonyl (C=O) groups excluding carboxylic acids is 1. The van der Waals surface area contributed by atoms with Gasteiger partial charge in [-0.05, 0) is 23.9 Å². The van der Waals surface area contributed by atoms with E-state index in [0.29, 0.717) is 13.1 Å². The van der Waals surface area contributed by atoms with Gasteiger partial charge in [0.05, 0.1) is 12.3 Å². The number of aliphatic hydroxyl groups is 1. The molecule has 0 aliphatic carbocycles. The molecule has 0 bridgehead atoms. The van der Waals surface area contributed by atoms with E-state index in [1.807, 2.05) is 48.7 Å². The molecule has 0 atom stereocenters. The van der Waals surface area contributed by atoms with Crippen LogP contribution in [-0.2, 0) is 0 Å². The lowest BCUT2D eigenvalue weighted by molar-refractivity contribution is 0.188. The van der Waals surface area contributed by atoms with Crippen LogP contribution in [0.4, 0.5) is 10.5 Å². The highest BCUT2D eigenvalue weighted by Crippen LogP contribution is 2.31. The van der Waals surface area contributed by atoms with Gasteiger partial charge in [-0.25, -0.2) is 4.79 Å². The van der Waals surface area contributed by atoms with Crippen LogP contribution >= 0.6 is 11.3 Å². The van der Waals surface area contributed by atoms with Gasteiger partial charge in [-0.15, -0.1) is 11.3 Å². The second-order valence-corrected chi connectivity index (χ2v) is 5.61. The first-order valence-corrected chi connectivity index (χ1v) is 7.94. The third-order valence-corrected chi connectivity index (χ3v) is 4.01. The Labute approximate surface area is 129 Å². The molecule has 4 nitrogen and oxygen atoms in total. The molecule has 1 heterocycles. The van der Waals surface area contributed by atoms with Crippen molar-refractivity contribution < 1.29 is 9.90 Å². The average molecular weight is 304 g/mol. The number of benzene rings is 1. The minimum atomic E-state index is -0.171. The number of amides is 2. The molecular formula is C16H20N2O2S. The van der Waals surface area contributed by atoms with Gasteiger partial charge in [0, 0.05) is 23.5 Å². The Morgan fingerprint density at radius 1 is 1.24 bits per heavy atom. The standard InChI is InChI=1S/C16H20N2O2S/c1-2-9-18(10-11-19)16(20)17-14-7-4-3-6-13(14)15-8-5-12-21-15/h3-8,12,19H,2,9-11H2,1H3,(H,17,20). The van der Waals surface area contributed by atoms with Crippen molar-refractivity contribution in [2.45, 2.75) is 13.3 Å². The van der Waals surface area contributed by atoms with Crippen LogP contribution in [0.15, 0.2) is 41.8 Å². The summed E-state index contributed by atoms with van der Waals surface area (Å²) in [7, 11) is 0. The summed E-state index contributed by atoms with van der Waals surface area (Å²) in [5.74, 6) is 0. The summed E-state index contributed by atoms with van der Waals surface area (Å²) in [6, 6.07) is 11.6. The van der Waals surface area contributed by atoms with Gasteiger partial charge in [-0.1, -0.05) is 31.2 Å². The molecular weight excluding hydrogens is 284 g/mol. The molecule has 5 heteroatoms. The van der Waals surface area contributed by atoms with Crippen LogP contribution in [0.3, 0.4) is 0 Å². The maximum absolute atomic E-state index is 12.3. The Bertz CT molecular complexity index is 563. The summed E-state index contributed by atoms with van der Waals surface area (Å²) < 4.78 is 0. The zero-order valence-electron chi connectivity index (χ0n) is 12.1. The normalized spacial score (nSPS) is 10.4. The lowest BCUT2D eigenvalue weighted by Gasteiger charge is -2.22. The third-order valence-electron chi connectivity index (χ3n) is 3.11. The first-order valence-electron chi connectivity index (χ1n) is 7.06. The quantitative estimate of drug-likeness (QED) is 0.856. The Hall–Kier alpha value is -1.85. The minimum Gasteiger partial charge on any atom is -0.395 e. The summed E-state index contributed by atoms with van der Waals surface area (Å²) in [5.41, 5.74) is 1.81. The number of thiophene rings is 1. The Morgan fingerprint density at radius 3 is 2.71 bits per heavy atom. The fourth-order valence-electron chi connectivity index (χ4n) is 2.14. The summed E-state index contributed by atoms with van der Waals surface area (Å²) in [4.78, 5) is 15.1. The van der Waals surface area contributed by atoms with Crippen molar-refractivity contribution >= 4 is 23.1 Å².